The molecule has 1 aliphatic rings. The molecule has 5 heteroatoms. The number of nitrogens with two attached hydrogens (primary N) is 1. The number of halogens is 1. The molecule has 1 aromatic carbocycles. The maximum absolute atomic E-state index is 12.9. The molecule has 4 nitrogen and oxygen atoms in total. The highest BCUT2D eigenvalue weighted by Gasteiger charge is 2.20. The van der Waals surface area contributed by atoms with E-state index in [-0.39, 0.29) is 11.9 Å². The molecule has 0 radical (unpaired) electrons. The van der Waals surface area contributed by atoms with Gasteiger partial charge in [-0.05, 0) is 30.7 Å². The third-order valence-corrected chi connectivity index (χ3v) is 3.35. The van der Waals surface area contributed by atoms with Crippen LogP contribution in [0.1, 0.15) is 12.3 Å². The van der Waals surface area contributed by atoms with E-state index in [2.05, 4.69) is 9.88 Å². The number of hydrogen-bond acceptors (Lipinski definition) is 4. The van der Waals surface area contributed by atoms with Crippen LogP contribution in [0, 0.1) is 5.82 Å². The third-order valence-electron chi connectivity index (χ3n) is 3.35. The summed E-state index contributed by atoms with van der Waals surface area (Å²) in [5, 5.41) is 0. The smallest absolute Gasteiger partial charge is 0.209 e. The van der Waals surface area contributed by atoms with E-state index in [9.17, 15) is 4.39 Å². The van der Waals surface area contributed by atoms with Crippen LogP contribution in [0.15, 0.2) is 34.9 Å². The van der Waals surface area contributed by atoms with Gasteiger partial charge in [0.25, 0.3) is 0 Å². The fourth-order valence-electron chi connectivity index (χ4n) is 2.33. The Morgan fingerprint density at radius 1 is 1.37 bits per heavy atom. The molecule has 1 saturated heterocycles. The molecular formula is C14H16FN3O. The quantitative estimate of drug-likeness (QED) is 0.918. The lowest BCUT2D eigenvalue weighted by Gasteiger charge is -2.11. The number of rotatable bonds is 3. The first-order valence-corrected chi connectivity index (χ1v) is 6.39. The van der Waals surface area contributed by atoms with Crippen LogP contribution in [0.4, 0.5) is 4.39 Å². The molecule has 0 amide bonds. The minimum Gasteiger partial charge on any atom is -0.439 e. The normalized spacial score (nSPS) is 20.0. The summed E-state index contributed by atoms with van der Waals surface area (Å²) in [5.41, 5.74) is 6.69. The molecule has 0 unspecified atom stereocenters. The Kier molecular flexibility index (Phi) is 3.31. The zero-order valence-corrected chi connectivity index (χ0v) is 10.6. The minimum absolute atomic E-state index is 0.255. The summed E-state index contributed by atoms with van der Waals surface area (Å²) in [5.74, 6) is 1.08. The highest BCUT2D eigenvalue weighted by Crippen LogP contribution is 2.21. The molecule has 0 bridgehead atoms. The van der Waals surface area contributed by atoms with Crippen LogP contribution < -0.4 is 5.73 Å². The molecule has 0 aliphatic carbocycles. The van der Waals surface area contributed by atoms with Gasteiger partial charge in [-0.15, -0.1) is 0 Å². The summed E-state index contributed by atoms with van der Waals surface area (Å²) in [6.07, 6.45) is 2.70. The van der Waals surface area contributed by atoms with E-state index in [1.54, 1.807) is 18.3 Å². The molecule has 100 valence electrons. The van der Waals surface area contributed by atoms with Gasteiger partial charge in [0.05, 0.1) is 12.7 Å². The van der Waals surface area contributed by atoms with Crippen molar-refractivity contribution in [3.8, 4) is 11.3 Å². The summed E-state index contributed by atoms with van der Waals surface area (Å²) in [6.45, 7) is 2.54. The summed E-state index contributed by atoms with van der Waals surface area (Å²) in [6, 6.07) is 6.46. The Labute approximate surface area is 111 Å². The van der Waals surface area contributed by atoms with Crippen molar-refractivity contribution >= 4 is 0 Å². The van der Waals surface area contributed by atoms with Crippen LogP contribution in [0.2, 0.25) is 0 Å². The van der Waals surface area contributed by atoms with Gasteiger partial charge in [0.15, 0.2) is 5.76 Å². The first kappa shape index (κ1) is 12.3. The van der Waals surface area contributed by atoms with Crippen LogP contribution >= 0.6 is 0 Å². The molecule has 0 saturated carbocycles. The van der Waals surface area contributed by atoms with Crippen molar-refractivity contribution < 1.29 is 8.81 Å². The van der Waals surface area contributed by atoms with Crippen LogP contribution in [0.5, 0.6) is 0 Å². The zero-order chi connectivity index (χ0) is 13.2. The maximum atomic E-state index is 12.9. The Bertz CT molecular complexity index is 552. The van der Waals surface area contributed by atoms with Crippen molar-refractivity contribution in [3.05, 3.63) is 42.2 Å². The summed E-state index contributed by atoms with van der Waals surface area (Å²) in [7, 11) is 0. The van der Waals surface area contributed by atoms with Crippen molar-refractivity contribution in [2.45, 2.75) is 19.0 Å². The number of nitrogens with zero attached hydrogens (tertiary/aromatic N) is 2. The molecule has 19 heavy (non-hydrogen) atoms. The molecular weight excluding hydrogens is 245 g/mol. The van der Waals surface area contributed by atoms with E-state index in [4.69, 9.17) is 10.2 Å². The summed E-state index contributed by atoms with van der Waals surface area (Å²) in [4.78, 5) is 6.49. The van der Waals surface area contributed by atoms with Gasteiger partial charge in [0.1, 0.15) is 5.82 Å². The number of hydrogen-bond donors (Lipinski definition) is 1. The Balaban J connectivity index is 1.71. The topological polar surface area (TPSA) is 55.3 Å². The van der Waals surface area contributed by atoms with E-state index in [1.165, 1.54) is 12.1 Å². The molecule has 2 heterocycles. The van der Waals surface area contributed by atoms with Gasteiger partial charge in [-0.25, -0.2) is 9.37 Å². The summed E-state index contributed by atoms with van der Waals surface area (Å²) < 4.78 is 18.5. The van der Waals surface area contributed by atoms with Crippen LogP contribution in [0.25, 0.3) is 11.3 Å². The average molecular weight is 261 g/mol. The highest BCUT2D eigenvalue weighted by molar-refractivity contribution is 5.55. The van der Waals surface area contributed by atoms with Gasteiger partial charge < -0.3 is 10.2 Å². The Morgan fingerprint density at radius 2 is 2.16 bits per heavy atom. The number of aromatic nitrogens is 1. The monoisotopic (exact) mass is 261 g/mol. The molecule has 1 atom stereocenters. The van der Waals surface area contributed by atoms with E-state index in [0.29, 0.717) is 18.2 Å². The van der Waals surface area contributed by atoms with Gasteiger partial charge in [-0.2, -0.15) is 0 Å². The third kappa shape index (κ3) is 2.83. The molecule has 3 rings (SSSR count). The highest BCUT2D eigenvalue weighted by atomic mass is 19.1. The summed E-state index contributed by atoms with van der Waals surface area (Å²) >= 11 is 0. The van der Waals surface area contributed by atoms with Crippen molar-refractivity contribution in [1.29, 1.82) is 0 Å². The van der Waals surface area contributed by atoms with Gasteiger partial charge >= 0.3 is 0 Å². The molecule has 2 aromatic rings. The standard InChI is InChI=1S/C14H16FN3O/c15-11-3-1-10(2-4-11)13-7-17-14(19-13)9-18-6-5-12(16)8-18/h1-4,7,12H,5-6,8-9,16H2/t12-/m0/s1. The zero-order valence-electron chi connectivity index (χ0n) is 10.6. The van der Waals surface area contributed by atoms with E-state index in [0.717, 1.165) is 25.1 Å². The van der Waals surface area contributed by atoms with Crippen molar-refractivity contribution in [2.24, 2.45) is 5.73 Å². The predicted octanol–water partition coefficient (Wildman–Crippen LogP) is 2.01. The van der Waals surface area contributed by atoms with Crippen LogP contribution in [0.3, 0.4) is 0 Å². The van der Waals surface area contributed by atoms with Crippen molar-refractivity contribution in [1.82, 2.24) is 9.88 Å². The molecule has 0 spiro atoms. The first-order valence-electron chi connectivity index (χ1n) is 6.39. The van der Waals surface area contributed by atoms with E-state index in [1.807, 2.05) is 0 Å². The van der Waals surface area contributed by atoms with Gasteiger partial charge in [0.2, 0.25) is 5.89 Å². The lowest BCUT2D eigenvalue weighted by Crippen LogP contribution is -2.26. The maximum Gasteiger partial charge on any atom is 0.209 e. The average Bonchev–Trinajstić information content (AvgIpc) is 3.00. The molecule has 2 N–H and O–H groups in total. The van der Waals surface area contributed by atoms with E-state index >= 15 is 0 Å². The minimum atomic E-state index is -0.255. The van der Waals surface area contributed by atoms with Gasteiger partial charge in [0, 0.05) is 24.7 Å². The van der Waals surface area contributed by atoms with Gasteiger partial charge in [-0.3, -0.25) is 4.90 Å². The Hall–Kier alpha value is -1.72. The first-order chi connectivity index (χ1) is 9.20. The second kappa shape index (κ2) is 5.11. The fraction of sp³-hybridized carbons (Fsp3) is 0.357. The van der Waals surface area contributed by atoms with Crippen LogP contribution in [-0.2, 0) is 6.54 Å². The lowest BCUT2D eigenvalue weighted by atomic mass is 10.2. The largest absolute Gasteiger partial charge is 0.439 e. The SMILES string of the molecule is N[C@H]1CCN(Cc2ncc(-c3ccc(F)cc3)o2)C1. The predicted molar refractivity (Wildman–Crippen MR) is 69.8 cm³/mol. The number of likely N-dealkylation sites (tertiary alicyclic amines) is 1. The van der Waals surface area contributed by atoms with E-state index < -0.39 is 0 Å². The van der Waals surface area contributed by atoms with Crippen molar-refractivity contribution in [3.63, 3.8) is 0 Å². The molecule has 1 fully saturated rings. The second-order valence-corrected chi connectivity index (χ2v) is 4.91. The van der Waals surface area contributed by atoms with Gasteiger partial charge in [-0.1, -0.05) is 0 Å². The van der Waals surface area contributed by atoms with Crippen molar-refractivity contribution in [2.75, 3.05) is 13.1 Å². The lowest BCUT2D eigenvalue weighted by molar-refractivity contribution is 0.289. The fourth-order valence-corrected chi connectivity index (χ4v) is 2.33. The van der Waals surface area contributed by atoms with Crippen LogP contribution in [-0.4, -0.2) is 29.0 Å². The molecule has 1 aromatic heterocycles. The second-order valence-electron chi connectivity index (χ2n) is 4.91. The number of benzene rings is 1. The molecule has 1 aliphatic heterocycles. The number of oxazole rings is 1. The Morgan fingerprint density at radius 3 is 2.84 bits per heavy atom.